The Labute approximate surface area is 279 Å². The molecule has 5 aliphatic rings. The van der Waals surface area contributed by atoms with Crippen molar-refractivity contribution in [2.24, 2.45) is 51.2 Å². The molecule has 7 nitrogen and oxygen atoms in total. The first-order valence-corrected chi connectivity index (χ1v) is 18.7. The lowest BCUT2D eigenvalue weighted by Gasteiger charge is -2.70. The molecule has 262 valence electrons. The summed E-state index contributed by atoms with van der Waals surface area (Å²) in [6, 6.07) is 0. The zero-order chi connectivity index (χ0) is 33.9. The third-order valence-electron chi connectivity index (χ3n) is 14.9. The number of amides is 1. The third kappa shape index (κ3) is 5.85. The summed E-state index contributed by atoms with van der Waals surface area (Å²) in [5.74, 6) is 1.07. The number of hydrogen-bond acceptors (Lipinski definition) is 6. The monoisotopic (exact) mass is 643 g/mol. The summed E-state index contributed by atoms with van der Waals surface area (Å²) in [6.45, 7) is 23.3. The second kappa shape index (κ2) is 12.7. The number of fused-ring (bicyclic) bond motifs is 5. The lowest BCUT2D eigenvalue weighted by molar-refractivity contribution is -0.253. The Kier molecular flexibility index (Phi) is 9.83. The van der Waals surface area contributed by atoms with E-state index in [9.17, 15) is 14.4 Å². The largest absolute Gasteiger partial charge is 0.462 e. The molecule has 1 heterocycles. The van der Waals surface area contributed by atoms with Crippen molar-refractivity contribution < 1.29 is 28.6 Å². The van der Waals surface area contributed by atoms with Crippen LogP contribution in [0.15, 0.2) is 0 Å². The molecule has 5 fully saturated rings. The summed E-state index contributed by atoms with van der Waals surface area (Å²) in [5.41, 5.74) is -0.242. The van der Waals surface area contributed by atoms with E-state index in [4.69, 9.17) is 14.2 Å². The molecule has 7 heteroatoms. The number of ether oxygens (including phenoxy) is 3. The maximum atomic E-state index is 13.0. The summed E-state index contributed by atoms with van der Waals surface area (Å²) in [5, 5.41) is 2.85. The zero-order valence-corrected chi connectivity index (χ0v) is 30.8. The van der Waals surface area contributed by atoms with E-state index >= 15 is 0 Å². The van der Waals surface area contributed by atoms with Gasteiger partial charge in [0.1, 0.15) is 18.6 Å². The molecule has 0 bridgehead atoms. The number of unbranched alkanes of at least 4 members (excludes halogenated alkanes) is 1. The van der Waals surface area contributed by atoms with Gasteiger partial charge in [-0.15, -0.1) is 0 Å². The van der Waals surface area contributed by atoms with E-state index in [1.54, 1.807) is 6.92 Å². The molecule has 1 N–H and O–H groups in total. The van der Waals surface area contributed by atoms with Crippen LogP contribution >= 0.6 is 0 Å². The van der Waals surface area contributed by atoms with Crippen LogP contribution in [-0.2, 0) is 28.6 Å². The Morgan fingerprint density at radius 3 is 2.20 bits per heavy atom. The SMILES string of the molecule is CCCCNC(=O)CC(=O)O[C@@H]1CC[C@]2(C)[C@H]3C[C@@H](OC(C)=O)[C@@H]4[C@@H]([C@]5(C)CC[C@H](C(C)C)O5)CC[C@@]4(C)[C@]3(C)CC[C@H]2C1(C)C. The van der Waals surface area contributed by atoms with Crippen LogP contribution in [0.1, 0.15) is 146 Å². The van der Waals surface area contributed by atoms with E-state index in [-0.39, 0.29) is 63.7 Å². The molecular formula is C39H65NO6. The van der Waals surface area contributed by atoms with Gasteiger partial charge in [-0.3, -0.25) is 14.4 Å². The second-order valence-electron chi connectivity index (χ2n) is 18.0. The fourth-order valence-electron chi connectivity index (χ4n) is 12.4. The Bertz CT molecular complexity index is 1170. The van der Waals surface area contributed by atoms with Crippen molar-refractivity contribution in [1.29, 1.82) is 0 Å². The van der Waals surface area contributed by atoms with Gasteiger partial charge in [0, 0.05) is 24.8 Å². The minimum Gasteiger partial charge on any atom is -0.462 e. The molecule has 1 amide bonds. The molecule has 4 saturated carbocycles. The fraction of sp³-hybridized carbons (Fsp3) is 0.923. The van der Waals surface area contributed by atoms with Gasteiger partial charge in [-0.25, -0.2) is 0 Å². The van der Waals surface area contributed by atoms with Gasteiger partial charge < -0.3 is 19.5 Å². The van der Waals surface area contributed by atoms with Crippen LogP contribution in [-0.4, -0.2) is 48.3 Å². The van der Waals surface area contributed by atoms with Crippen molar-refractivity contribution in [1.82, 2.24) is 5.32 Å². The van der Waals surface area contributed by atoms with E-state index in [1.165, 1.54) is 0 Å². The molecule has 1 saturated heterocycles. The van der Waals surface area contributed by atoms with Crippen LogP contribution in [0.2, 0.25) is 0 Å². The average molecular weight is 644 g/mol. The minimum absolute atomic E-state index is 0.0257. The van der Waals surface area contributed by atoms with Crippen molar-refractivity contribution >= 4 is 17.8 Å². The van der Waals surface area contributed by atoms with Crippen LogP contribution in [0.3, 0.4) is 0 Å². The van der Waals surface area contributed by atoms with Crippen LogP contribution in [0.4, 0.5) is 0 Å². The molecule has 1 aliphatic heterocycles. The highest BCUT2D eigenvalue weighted by Crippen LogP contribution is 2.76. The van der Waals surface area contributed by atoms with Gasteiger partial charge in [-0.1, -0.05) is 61.8 Å². The molecule has 0 aromatic heterocycles. The molecule has 5 rings (SSSR count). The summed E-state index contributed by atoms with van der Waals surface area (Å²) < 4.78 is 19.4. The fourth-order valence-corrected chi connectivity index (χ4v) is 12.4. The van der Waals surface area contributed by atoms with Gasteiger partial charge in [0.25, 0.3) is 0 Å². The maximum Gasteiger partial charge on any atom is 0.315 e. The zero-order valence-electron chi connectivity index (χ0n) is 30.8. The first-order chi connectivity index (χ1) is 21.4. The van der Waals surface area contributed by atoms with Crippen molar-refractivity contribution in [3.05, 3.63) is 0 Å². The van der Waals surface area contributed by atoms with Gasteiger partial charge >= 0.3 is 11.9 Å². The highest BCUT2D eigenvalue weighted by molar-refractivity contribution is 5.94. The molecule has 11 atom stereocenters. The predicted molar refractivity (Wildman–Crippen MR) is 180 cm³/mol. The standard InChI is InChI=1S/C39H65NO6/c1-11-12-21-40-32(42)23-33(43)45-31-16-17-36(7)29(35(31,5)6)15-19-37(8)30(36)22-28(44-25(4)41)34-26(13-18-38(34,37)9)39(10)20-14-27(46-39)24(2)3/h24,26-31,34H,11-23H2,1-10H3,(H,40,42)/t26-,27+,28+,29-,30+,31+,34-,36-,37+,38+,39-/m0/s1. The highest BCUT2D eigenvalue weighted by atomic mass is 16.5. The molecule has 0 unspecified atom stereocenters. The van der Waals surface area contributed by atoms with E-state index in [0.29, 0.717) is 36.3 Å². The molecule has 0 radical (unpaired) electrons. The van der Waals surface area contributed by atoms with Crippen molar-refractivity contribution in [2.75, 3.05) is 6.54 Å². The summed E-state index contributed by atoms with van der Waals surface area (Å²) in [7, 11) is 0. The maximum absolute atomic E-state index is 13.0. The molecule has 0 aromatic rings. The number of nitrogens with one attached hydrogen (secondary N) is 1. The lowest BCUT2D eigenvalue weighted by atomic mass is 9.35. The Balaban J connectivity index is 1.39. The van der Waals surface area contributed by atoms with Crippen molar-refractivity contribution in [3.63, 3.8) is 0 Å². The van der Waals surface area contributed by atoms with Crippen molar-refractivity contribution in [2.45, 2.75) is 170 Å². The molecule has 4 aliphatic carbocycles. The predicted octanol–water partition coefficient (Wildman–Crippen LogP) is 8.03. The topological polar surface area (TPSA) is 90.9 Å². The molecular weight excluding hydrogens is 578 g/mol. The minimum atomic E-state index is -0.418. The number of rotatable bonds is 9. The van der Waals surface area contributed by atoms with Crippen molar-refractivity contribution in [3.8, 4) is 0 Å². The van der Waals surface area contributed by atoms with Gasteiger partial charge in [-0.05, 0) is 111 Å². The van der Waals surface area contributed by atoms with E-state index in [2.05, 4.69) is 67.6 Å². The third-order valence-corrected chi connectivity index (χ3v) is 14.9. The number of esters is 2. The first kappa shape index (κ1) is 35.7. The molecule has 0 aromatic carbocycles. The Morgan fingerprint density at radius 2 is 1.57 bits per heavy atom. The molecule has 0 spiro atoms. The van der Waals surface area contributed by atoms with Gasteiger partial charge in [0.05, 0.1) is 11.7 Å². The van der Waals surface area contributed by atoms with Crippen LogP contribution in [0.5, 0.6) is 0 Å². The Hall–Kier alpha value is -1.63. The van der Waals surface area contributed by atoms with E-state index in [0.717, 1.165) is 70.6 Å². The van der Waals surface area contributed by atoms with Crippen LogP contribution in [0.25, 0.3) is 0 Å². The van der Waals surface area contributed by atoms with Crippen LogP contribution in [0, 0.1) is 51.2 Å². The van der Waals surface area contributed by atoms with Gasteiger partial charge in [0.2, 0.25) is 5.91 Å². The summed E-state index contributed by atoms with van der Waals surface area (Å²) in [4.78, 5) is 38.0. The molecule has 46 heavy (non-hydrogen) atoms. The highest BCUT2D eigenvalue weighted by Gasteiger charge is 2.72. The number of carbonyl (C=O) groups excluding carboxylic acids is 3. The summed E-state index contributed by atoms with van der Waals surface area (Å²) >= 11 is 0. The van der Waals surface area contributed by atoms with E-state index in [1.807, 2.05) is 0 Å². The quantitative estimate of drug-likeness (QED) is 0.155. The number of hydrogen-bond donors (Lipinski definition) is 1. The Morgan fingerprint density at radius 1 is 0.870 bits per heavy atom. The second-order valence-corrected chi connectivity index (χ2v) is 18.0. The number of carbonyl (C=O) groups is 3. The van der Waals surface area contributed by atoms with Gasteiger partial charge in [0.15, 0.2) is 0 Å². The summed E-state index contributed by atoms with van der Waals surface area (Å²) in [6.07, 6.45) is 11.0. The average Bonchev–Trinajstić information content (AvgIpc) is 3.54. The first-order valence-electron chi connectivity index (χ1n) is 18.7. The lowest BCUT2D eigenvalue weighted by Crippen LogP contribution is -2.67. The normalized spacial score (nSPS) is 44.5. The smallest absolute Gasteiger partial charge is 0.315 e. The van der Waals surface area contributed by atoms with Crippen LogP contribution < -0.4 is 5.32 Å². The van der Waals surface area contributed by atoms with E-state index < -0.39 is 5.97 Å². The van der Waals surface area contributed by atoms with Gasteiger partial charge in [-0.2, -0.15) is 0 Å².